The Kier molecular flexibility index (Phi) is 45.1. The van der Waals surface area contributed by atoms with Crippen molar-refractivity contribution in [1.82, 2.24) is 5.32 Å². The minimum absolute atomic E-state index is 0.0477. The third-order valence-corrected chi connectivity index (χ3v) is 12.3. The lowest BCUT2D eigenvalue weighted by Gasteiger charge is -2.25. The van der Waals surface area contributed by atoms with Crippen molar-refractivity contribution in [2.75, 3.05) is 40.9 Å². The topological polar surface area (TPSA) is 105 Å². The molecule has 0 aromatic rings. The van der Waals surface area contributed by atoms with Crippen molar-refractivity contribution in [2.24, 2.45) is 0 Å². The van der Waals surface area contributed by atoms with Crippen LogP contribution in [0.1, 0.15) is 213 Å². The molecule has 0 aromatic carbocycles. The summed E-state index contributed by atoms with van der Waals surface area (Å²) >= 11 is 0. The first-order chi connectivity index (χ1) is 31.5. The van der Waals surface area contributed by atoms with E-state index >= 15 is 0 Å². The normalized spacial score (nSPS) is 14.8. The van der Waals surface area contributed by atoms with E-state index in [2.05, 4.69) is 92.1 Å². The number of nitrogens with one attached hydrogen (secondary N) is 1. The minimum atomic E-state index is -4.36. The molecule has 3 atom stereocenters. The van der Waals surface area contributed by atoms with Crippen molar-refractivity contribution in [3.8, 4) is 0 Å². The van der Waals surface area contributed by atoms with Gasteiger partial charge in [-0.3, -0.25) is 13.8 Å². The van der Waals surface area contributed by atoms with Crippen molar-refractivity contribution >= 4 is 13.7 Å². The summed E-state index contributed by atoms with van der Waals surface area (Å²) in [6.07, 6.45) is 65.3. The van der Waals surface area contributed by atoms with Gasteiger partial charge in [0.2, 0.25) is 5.91 Å². The Morgan fingerprint density at radius 2 is 0.938 bits per heavy atom. The second kappa shape index (κ2) is 46.8. The molecule has 0 aromatic heterocycles. The number of phosphoric acid groups is 1. The first-order valence-electron chi connectivity index (χ1n) is 26.5. The minimum Gasteiger partial charge on any atom is -0.387 e. The van der Waals surface area contributed by atoms with Gasteiger partial charge >= 0.3 is 7.82 Å². The molecule has 65 heavy (non-hydrogen) atoms. The molecule has 0 radical (unpaired) electrons. The van der Waals surface area contributed by atoms with Gasteiger partial charge in [0, 0.05) is 6.42 Å². The zero-order valence-corrected chi connectivity index (χ0v) is 43.6. The monoisotopic (exact) mass is 930 g/mol. The highest BCUT2D eigenvalue weighted by Gasteiger charge is 2.27. The number of rotatable bonds is 47. The maximum absolute atomic E-state index is 12.9. The summed E-state index contributed by atoms with van der Waals surface area (Å²) in [7, 11) is 1.53. The number of aliphatic hydroxyl groups excluding tert-OH is 1. The lowest BCUT2D eigenvalue weighted by Crippen LogP contribution is -2.45. The van der Waals surface area contributed by atoms with E-state index in [1.807, 2.05) is 27.2 Å². The number of phosphoric ester groups is 1. The van der Waals surface area contributed by atoms with Crippen molar-refractivity contribution in [3.63, 3.8) is 0 Å². The Hall–Kier alpha value is -2.32. The zero-order chi connectivity index (χ0) is 47.8. The Morgan fingerprint density at radius 3 is 1.42 bits per heavy atom. The average Bonchev–Trinajstić information content (AvgIpc) is 3.26. The van der Waals surface area contributed by atoms with Crippen LogP contribution in [0.4, 0.5) is 0 Å². The fourth-order valence-corrected chi connectivity index (χ4v) is 7.94. The molecule has 0 heterocycles. The summed E-state index contributed by atoms with van der Waals surface area (Å²) in [5.74, 6) is -0.208. The summed E-state index contributed by atoms with van der Waals surface area (Å²) in [5.41, 5.74) is 0. The van der Waals surface area contributed by atoms with Gasteiger partial charge in [-0.1, -0.05) is 214 Å². The second-order valence-electron chi connectivity index (χ2n) is 18.9. The molecule has 0 spiro atoms. The Morgan fingerprint density at radius 1 is 0.538 bits per heavy atom. The van der Waals surface area contributed by atoms with E-state index in [1.165, 1.54) is 103 Å². The number of amides is 1. The highest BCUT2D eigenvalue weighted by Crippen LogP contribution is 2.43. The molecule has 3 unspecified atom stereocenters. The lowest BCUT2D eigenvalue weighted by molar-refractivity contribution is -0.870. The van der Waals surface area contributed by atoms with Crippen LogP contribution >= 0.6 is 7.82 Å². The molecule has 1 amide bonds. The van der Waals surface area contributed by atoms with Crippen LogP contribution in [-0.2, 0) is 18.4 Å². The van der Waals surface area contributed by atoms with Crippen LogP contribution in [-0.4, -0.2) is 73.4 Å². The SMILES string of the molecule is CC/C=C\C/C=C\C/C=C\C/C=C\C/C=C\CCCCCCCC(=O)NC(COP(=O)(O)OCC[N+](C)(C)C)C(O)/C=C/CC/C=C/CCCCCCCCCCCCCCCCCC. The summed E-state index contributed by atoms with van der Waals surface area (Å²) in [6.45, 7) is 4.66. The molecule has 0 saturated carbocycles. The van der Waals surface area contributed by atoms with Crippen LogP contribution in [0, 0.1) is 0 Å². The van der Waals surface area contributed by atoms with Crippen molar-refractivity contribution in [1.29, 1.82) is 0 Å². The predicted octanol–water partition coefficient (Wildman–Crippen LogP) is 15.7. The molecule has 0 aliphatic rings. The van der Waals surface area contributed by atoms with Crippen LogP contribution in [0.2, 0.25) is 0 Å². The van der Waals surface area contributed by atoms with E-state index in [1.54, 1.807) is 6.08 Å². The number of hydrogen-bond acceptors (Lipinski definition) is 5. The number of carbonyl (C=O) groups excluding carboxylic acids is 1. The smallest absolute Gasteiger partial charge is 0.387 e. The van der Waals surface area contributed by atoms with E-state index in [0.717, 1.165) is 89.9 Å². The van der Waals surface area contributed by atoms with Crippen molar-refractivity contribution in [3.05, 3.63) is 85.1 Å². The molecule has 0 rings (SSSR count). The number of hydrogen-bond donors (Lipinski definition) is 3. The molecule has 0 fully saturated rings. The first-order valence-corrected chi connectivity index (χ1v) is 28.0. The summed E-state index contributed by atoms with van der Waals surface area (Å²) in [5, 5.41) is 13.9. The number of allylic oxidation sites excluding steroid dienone is 13. The highest BCUT2D eigenvalue weighted by molar-refractivity contribution is 7.47. The number of unbranched alkanes of at least 4 members (excludes halogenated alkanes) is 22. The third-order valence-electron chi connectivity index (χ3n) is 11.3. The fourth-order valence-electron chi connectivity index (χ4n) is 7.20. The summed E-state index contributed by atoms with van der Waals surface area (Å²) < 4.78 is 23.6. The van der Waals surface area contributed by atoms with Gasteiger partial charge in [0.25, 0.3) is 0 Å². The van der Waals surface area contributed by atoms with Gasteiger partial charge < -0.3 is 19.8 Å². The first kappa shape index (κ1) is 62.7. The van der Waals surface area contributed by atoms with Crippen LogP contribution in [0.3, 0.4) is 0 Å². The van der Waals surface area contributed by atoms with Crippen LogP contribution in [0.5, 0.6) is 0 Å². The molecular weight excluding hydrogens is 828 g/mol. The Labute approximate surface area is 401 Å². The molecule has 8 nitrogen and oxygen atoms in total. The van der Waals surface area contributed by atoms with E-state index < -0.39 is 20.0 Å². The number of quaternary nitrogens is 1. The van der Waals surface area contributed by atoms with E-state index in [0.29, 0.717) is 17.4 Å². The van der Waals surface area contributed by atoms with Crippen molar-refractivity contribution < 1.29 is 32.9 Å². The molecule has 0 aliphatic heterocycles. The van der Waals surface area contributed by atoms with Crippen molar-refractivity contribution in [2.45, 2.75) is 225 Å². The highest BCUT2D eigenvalue weighted by atomic mass is 31.2. The summed E-state index contributed by atoms with van der Waals surface area (Å²) in [6, 6.07) is -0.880. The molecule has 0 aliphatic carbocycles. The Balaban J connectivity index is 4.40. The number of likely N-dealkylation sites (N-methyl/N-ethyl adjacent to an activating group) is 1. The molecule has 376 valence electrons. The molecule has 0 saturated heterocycles. The van der Waals surface area contributed by atoms with Gasteiger partial charge in [-0.25, -0.2) is 4.57 Å². The Bertz CT molecular complexity index is 1330. The molecule has 9 heteroatoms. The van der Waals surface area contributed by atoms with Crippen LogP contribution in [0.25, 0.3) is 0 Å². The van der Waals surface area contributed by atoms with Gasteiger partial charge in [-0.15, -0.1) is 0 Å². The van der Waals surface area contributed by atoms with Gasteiger partial charge in [-0.05, 0) is 77.0 Å². The second-order valence-corrected chi connectivity index (χ2v) is 20.3. The van der Waals surface area contributed by atoms with Gasteiger partial charge in [-0.2, -0.15) is 0 Å². The third kappa shape index (κ3) is 49.4. The maximum atomic E-state index is 12.9. The largest absolute Gasteiger partial charge is 0.472 e. The predicted molar refractivity (Wildman–Crippen MR) is 281 cm³/mol. The summed E-state index contributed by atoms with van der Waals surface area (Å²) in [4.78, 5) is 23.2. The van der Waals surface area contributed by atoms with Gasteiger partial charge in [0.15, 0.2) is 0 Å². The quantitative estimate of drug-likeness (QED) is 0.0243. The van der Waals surface area contributed by atoms with E-state index in [4.69, 9.17) is 9.05 Å². The number of aliphatic hydroxyl groups is 1. The molecule has 0 bridgehead atoms. The lowest BCUT2D eigenvalue weighted by atomic mass is 10.0. The van der Waals surface area contributed by atoms with E-state index in [9.17, 15) is 19.4 Å². The molecule has 3 N–H and O–H groups in total. The average molecular weight is 930 g/mol. The van der Waals surface area contributed by atoms with Crippen LogP contribution < -0.4 is 5.32 Å². The maximum Gasteiger partial charge on any atom is 0.472 e. The molecular formula is C56H102N2O6P+. The fraction of sp³-hybridized carbons (Fsp3) is 0.732. The van der Waals surface area contributed by atoms with E-state index in [-0.39, 0.29) is 19.1 Å². The van der Waals surface area contributed by atoms with Gasteiger partial charge in [0.1, 0.15) is 13.2 Å². The van der Waals surface area contributed by atoms with Gasteiger partial charge in [0.05, 0.1) is 39.9 Å². The number of carbonyl (C=O) groups is 1. The van der Waals surface area contributed by atoms with Crippen LogP contribution in [0.15, 0.2) is 85.1 Å². The standard InChI is InChI=1S/C56H101N2O6P/c1-6-8-10-12-14-16-18-20-22-24-26-28-30-31-33-35-37-39-41-43-45-47-49-55(59)54(53-64-65(61,62)63-52-51-58(3,4)5)57-56(60)50-48-46-44-42-40-38-36-34-32-29-27-25-23-21-19-17-15-13-11-9-7-2/h9,11,15,17,21,23,27,29,34,36,39,41,47,49,54-55,59H,6-8,10,12-14,16,18-20,22,24-26,28,30-33,35,37-38,40,42-46,48,50-53H2,1-5H3,(H-,57,60,61,62)/p+1/b11-9-,17-15-,23-21-,29-27-,36-34-,41-39+,49-47+. The number of nitrogens with zero attached hydrogens (tertiary/aromatic N) is 1. The zero-order valence-electron chi connectivity index (χ0n) is 42.7.